The lowest BCUT2D eigenvalue weighted by Crippen LogP contribution is -2.40. The molecular formula is C17H23ClN2O3. The smallest absolute Gasteiger partial charge is 0.306 e. The lowest BCUT2D eigenvalue weighted by molar-refractivity contribution is -0.143. The quantitative estimate of drug-likeness (QED) is 0.884. The van der Waals surface area contributed by atoms with E-state index in [1.807, 2.05) is 11.0 Å². The van der Waals surface area contributed by atoms with Crippen LogP contribution < -0.4 is 5.32 Å². The third kappa shape index (κ3) is 4.45. The van der Waals surface area contributed by atoms with Crippen molar-refractivity contribution in [1.29, 1.82) is 0 Å². The Morgan fingerprint density at radius 3 is 2.57 bits per heavy atom. The van der Waals surface area contributed by atoms with Gasteiger partial charge < -0.3 is 10.4 Å². The maximum atomic E-state index is 12.1. The summed E-state index contributed by atoms with van der Waals surface area (Å²) in [6.45, 7) is 1.69. The van der Waals surface area contributed by atoms with E-state index in [1.165, 1.54) is 17.5 Å². The Bertz CT molecular complexity index is 583. The van der Waals surface area contributed by atoms with Gasteiger partial charge in [-0.1, -0.05) is 6.07 Å². The van der Waals surface area contributed by atoms with Crippen LogP contribution in [0.3, 0.4) is 0 Å². The molecule has 0 unspecified atom stereocenters. The van der Waals surface area contributed by atoms with Crippen molar-refractivity contribution in [3.63, 3.8) is 0 Å². The molecule has 2 aliphatic rings. The van der Waals surface area contributed by atoms with E-state index in [4.69, 9.17) is 5.11 Å². The van der Waals surface area contributed by atoms with Crippen molar-refractivity contribution in [3.8, 4) is 0 Å². The molecule has 1 aliphatic heterocycles. The van der Waals surface area contributed by atoms with Crippen molar-refractivity contribution in [3.05, 3.63) is 29.3 Å². The largest absolute Gasteiger partial charge is 0.481 e. The molecule has 1 saturated heterocycles. The van der Waals surface area contributed by atoms with Gasteiger partial charge in [-0.2, -0.15) is 0 Å². The van der Waals surface area contributed by atoms with Crippen molar-refractivity contribution < 1.29 is 14.7 Å². The molecule has 2 N–H and O–H groups in total. The minimum atomic E-state index is -0.720. The van der Waals surface area contributed by atoms with Gasteiger partial charge in [-0.15, -0.1) is 12.4 Å². The van der Waals surface area contributed by atoms with E-state index in [2.05, 4.69) is 17.4 Å². The highest BCUT2D eigenvalue weighted by Crippen LogP contribution is 2.25. The number of hydrogen-bond acceptors (Lipinski definition) is 3. The summed E-state index contributed by atoms with van der Waals surface area (Å²) in [7, 11) is 0. The summed E-state index contributed by atoms with van der Waals surface area (Å²) in [5.74, 6) is -0.995. The third-order valence-electron chi connectivity index (χ3n) is 4.69. The van der Waals surface area contributed by atoms with Crippen molar-refractivity contribution in [1.82, 2.24) is 4.90 Å². The molecule has 0 saturated carbocycles. The number of hydrogen-bond donors (Lipinski definition) is 2. The number of nitrogens with zero attached hydrogens (tertiary/aromatic N) is 1. The van der Waals surface area contributed by atoms with Gasteiger partial charge in [-0.25, -0.2) is 0 Å². The van der Waals surface area contributed by atoms with Crippen LogP contribution in [0.2, 0.25) is 0 Å². The fourth-order valence-electron chi connectivity index (χ4n) is 3.39. The SMILES string of the molecule is Cl.O=C(CN1CCC(C(=O)O)CC1)Nc1ccc2c(c1)CCC2. The normalized spacial score (nSPS) is 18.1. The molecular weight excluding hydrogens is 316 g/mol. The van der Waals surface area contributed by atoms with Crippen LogP contribution in [0.25, 0.3) is 0 Å². The highest BCUT2D eigenvalue weighted by molar-refractivity contribution is 5.92. The van der Waals surface area contributed by atoms with E-state index in [9.17, 15) is 9.59 Å². The number of anilines is 1. The molecule has 6 heteroatoms. The number of aryl methyl sites for hydroxylation is 2. The maximum absolute atomic E-state index is 12.1. The second-order valence-corrected chi connectivity index (χ2v) is 6.27. The molecule has 5 nitrogen and oxygen atoms in total. The lowest BCUT2D eigenvalue weighted by atomic mass is 9.97. The number of rotatable bonds is 4. The summed E-state index contributed by atoms with van der Waals surface area (Å²) < 4.78 is 0. The third-order valence-corrected chi connectivity index (χ3v) is 4.69. The lowest BCUT2D eigenvalue weighted by Gasteiger charge is -2.29. The number of benzene rings is 1. The first kappa shape index (κ1) is 17.8. The van der Waals surface area contributed by atoms with Gasteiger partial charge in [0.2, 0.25) is 5.91 Å². The molecule has 0 spiro atoms. The van der Waals surface area contributed by atoms with Crippen molar-refractivity contribution in [2.75, 3.05) is 25.0 Å². The standard InChI is InChI=1S/C17H22N2O3.ClH/c20-16(11-19-8-6-13(7-9-19)17(21)22)18-15-5-4-12-2-1-3-14(12)10-15;/h4-5,10,13H,1-3,6-9,11H2,(H,18,20)(H,21,22);1H. The number of likely N-dealkylation sites (tertiary alicyclic amines) is 1. The Kier molecular flexibility index (Phi) is 6.02. The van der Waals surface area contributed by atoms with E-state index in [0.717, 1.165) is 18.5 Å². The molecule has 1 heterocycles. The predicted octanol–water partition coefficient (Wildman–Crippen LogP) is 2.33. The van der Waals surface area contributed by atoms with E-state index in [-0.39, 0.29) is 24.2 Å². The molecule has 23 heavy (non-hydrogen) atoms. The molecule has 1 aromatic carbocycles. The van der Waals surface area contributed by atoms with Gasteiger partial charge in [-0.05, 0) is 68.5 Å². The molecule has 0 aromatic heterocycles. The first-order chi connectivity index (χ1) is 10.6. The number of amides is 1. The minimum Gasteiger partial charge on any atom is -0.481 e. The summed E-state index contributed by atoms with van der Waals surface area (Å²) in [6.07, 6.45) is 4.69. The Morgan fingerprint density at radius 1 is 1.17 bits per heavy atom. The van der Waals surface area contributed by atoms with Crippen molar-refractivity contribution >= 4 is 30.0 Å². The molecule has 126 valence electrons. The topological polar surface area (TPSA) is 69.6 Å². The molecule has 1 aliphatic carbocycles. The fraction of sp³-hybridized carbons (Fsp3) is 0.529. The van der Waals surface area contributed by atoms with E-state index in [1.54, 1.807) is 0 Å². The van der Waals surface area contributed by atoms with Gasteiger partial charge in [0.1, 0.15) is 0 Å². The first-order valence-electron chi connectivity index (χ1n) is 7.98. The number of carboxylic acid groups (broad SMARTS) is 1. The Labute approximate surface area is 142 Å². The van der Waals surface area contributed by atoms with Gasteiger partial charge in [0.05, 0.1) is 12.5 Å². The first-order valence-corrected chi connectivity index (χ1v) is 7.98. The average Bonchev–Trinajstić information content (AvgIpc) is 2.95. The molecule has 1 amide bonds. The van der Waals surface area contributed by atoms with Crippen LogP contribution in [0.1, 0.15) is 30.4 Å². The zero-order valence-corrected chi connectivity index (χ0v) is 13.9. The summed E-state index contributed by atoms with van der Waals surface area (Å²) in [6, 6.07) is 6.16. The Hall–Kier alpha value is -1.59. The number of halogens is 1. The molecule has 0 atom stereocenters. The number of carbonyl (C=O) groups excluding carboxylic acids is 1. The van der Waals surface area contributed by atoms with Gasteiger partial charge in [0, 0.05) is 5.69 Å². The zero-order chi connectivity index (χ0) is 15.5. The summed E-state index contributed by atoms with van der Waals surface area (Å²) in [5, 5.41) is 11.9. The van der Waals surface area contributed by atoms with Gasteiger partial charge in [0.15, 0.2) is 0 Å². The number of aliphatic carboxylic acids is 1. The van der Waals surface area contributed by atoms with E-state index >= 15 is 0 Å². The fourth-order valence-corrected chi connectivity index (χ4v) is 3.39. The molecule has 1 fully saturated rings. The van der Waals surface area contributed by atoms with Crippen LogP contribution in [0.5, 0.6) is 0 Å². The van der Waals surface area contributed by atoms with Crippen LogP contribution in [0.4, 0.5) is 5.69 Å². The second kappa shape index (κ2) is 7.79. The molecule has 0 bridgehead atoms. The number of nitrogens with one attached hydrogen (secondary N) is 1. The maximum Gasteiger partial charge on any atom is 0.306 e. The number of carbonyl (C=O) groups is 2. The van der Waals surface area contributed by atoms with Gasteiger partial charge >= 0.3 is 5.97 Å². The van der Waals surface area contributed by atoms with E-state index < -0.39 is 5.97 Å². The van der Waals surface area contributed by atoms with E-state index in [0.29, 0.717) is 32.5 Å². The predicted molar refractivity (Wildman–Crippen MR) is 91.1 cm³/mol. The minimum absolute atomic E-state index is 0. The highest BCUT2D eigenvalue weighted by atomic mass is 35.5. The Balaban J connectivity index is 0.00000192. The average molecular weight is 339 g/mol. The number of carboxylic acids is 1. The molecule has 3 rings (SSSR count). The molecule has 0 radical (unpaired) electrons. The summed E-state index contributed by atoms with van der Waals surface area (Å²) in [4.78, 5) is 25.1. The van der Waals surface area contributed by atoms with Crippen LogP contribution >= 0.6 is 12.4 Å². The van der Waals surface area contributed by atoms with Crippen molar-refractivity contribution in [2.45, 2.75) is 32.1 Å². The van der Waals surface area contributed by atoms with Crippen LogP contribution in [-0.4, -0.2) is 41.5 Å². The van der Waals surface area contributed by atoms with Gasteiger partial charge in [0.25, 0.3) is 0 Å². The van der Waals surface area contributed by atoms with Crippen LogP contribution in [0, 0.1) is 5.92 Å². The summed E-state index contributed by atoms with van der Waals surface area (Å²) >= 11 is 0. The molecule has 1 aromatic rings. The highest BCUT2D eigenvalue weighted by Gasteiger charge is 2.25. The van der Waals surface area contributed by atoms with Crippen molar-refractivity contribution in [2.24, 2.45) is 5.92 Å². The Morgan fingerprint density at radius 2 is 1.87 bits per heavy atom. The number of piperidine rings is 1. The second-order valence-electron chi connectivity index (χ2n) is 6.27. The summed E-state index contributed by atoms with van der Waals surface area (Å²) in [5.41, 5.74) is 3.61. The van der Waals surface area contributed by atoms with Gasteiger partial charge in [-0.3, -0.25) is 14.5 Å². The monoisotopic (exact) mass is 338 g/mol. The van der Waals surface area contributed by atoms with Crippen LogP contribution in [0.15, 0.2) is 18.2 Å². The van der Waals surface area contributed by atoms with Crippen LogP contribution in [-0.2, 0) is 22.4 Å². The zero-order valence-electron chi connectivity index (χ0n) is 13.1. The number of fused-ring (bicyclic) bond motifs is 1.